The second-order valence-electron chi connectivity index (χ2n) is 6.88. The van der Waals surface area contributed by atoms with Crippen molar-refractivity contribution in [3.8, 4) is 5.75 Å². The second-order valence-corrected chi connectivity index (χ2v) is 7.32. The van der Waals surface area contributed by atoms with Gasteiger partial charge in [0.15, 0.2) is 0 Å². The van der Waals surface area contributed by atoms with Gasteiger partial charge in [-0.3, -0.25) is 4.90 Å². The van der Waals surface area contributed by atoms with Gasteiger partial charge in [0.25, 0.3) is 0 Å². The van der Waals surface area contributed by atoms with Crippen LogP contribution in [0.4, 0.5) is 0 Å². The van der Waals surface area contributed by atoms with Crippen LogP contribution < -0.4 is 0 Å². The van der Waals surface area contributed by atoms with Crippen molar-refractivity contribution in [3.63, 3.8) is 0 Å². The Kier molecular flexibility index (Phi) is 6.70. The van der Waals surface area contributed by atoms with E-state index in [-0.39, 0.29) is 5.92 Å². The van der Waals surface area contributed by atoms with Gasteiger partial charge in [-0.25, -0.2) is 0 Å². The van der Waals surface area contributed by atoms with E-state index >= 15 is 0 Å². The number of halogens is 1. The highest BCUT2D eigenvalue weighted by atomic mass is 35.5. The van der Waals surface area contributed by atoms with Crippen LogP contribution in [0, 0.1) is 0 Å². The van der Waals surface area contributed by atoms with Crippen LogP contribution >= 0.6 is 11.6 Å². The summed E-state index contributed by atoms with van der Waals surface area (Å²) in [5, 5.41) is 11.0. The standard InChI is InChI=1S/C21H28ClNO/c1-15(2)23(16(3)4)13-12-19(17-8-6-5-7-9-17)20-14-18(22)10-11-21(20)24/h5-11,14-16,19,24H,12-13H2,1-4H3/t19-/m1/s1. The number of nitrogens with zero attached hydrogens (tertiary/aromatic N) is 1. The van der Waals surface area contributed by atoms with E-state index in [0.717, 1.165) is 18.5 Å². The van der Waals surface area contributed by atoms with E-state index in [2.05, 4.69) is 44.7 Å². The van der Waals surface area contributed by atoms with Crippen LogP contribution in [0.25, 0.3) is 0 Å². The summed E-state index contributed by atoms with van der Waals surface area (Å²) in [7, 11) is 0. The van der Waals surface area contributed by atoms with Crippen LogP contribution in [0.15, 0.2) is 48.5 Å². The van der Waals surface area contributed by atoms with E-state index in [1.165, 1.54) is 5.56 Å². The highest BCUT2D eigenvalue weighted by molar-refractivity contribution is 6.30. The SMILES string of the molecule is CC(C)N(CC[C@H](c1ccccc1)c1cc(Cl)ccc1O)C(C)C. The van der Waals surface area contributed by atoms with Gasteiger partial charge in [0.1, 0.15) is 5.75 Å². The molecule has 0 spiro atoms. The van der Waals surface area contributed by atoms with Crippen LogP contribution in [-0.2, 0) is 0 Å². The van der Waals surface area contributed by atoms with Crippen molar-refractivity contribution in [1.29, 1.82) is 0 Å². The van der Waals surface area contributed by atoms with Crippen molar-refractivity contribution in [1.82, 2.24) is 4.90 Å². The first-order chi connectivity index (χ1) is 11.4. The molecule has 0 bridgehead atoms. The monoisotopic (exact) mass is 345 g/mol. The molecule has 0 radical (unpaired) electrons. The fraction of sp³-hybridized carbons (Fsp3) is 0.429. The molecule has 0 saturated carbocycles. The number of aromatic hydroxyl groups is 1. The van der Waals surface area contributed by atoms with Crippen molar-refractivity contribution in [2.75, 3.05) is 6.54 Å². The predicted molar refractivity (Wildman–Crippen MR) is 103 cm³/mol. The summed E-state index contributed by atoms with van der Waals surface area (Å²) < 4.78 is 0. The fourth-order valence-corrected chi connectivity index (χ4v) is 3.56. The molecule has 0 aliphatic carbocycles. The predicted octanol–water partition coefficient (Wildman–Crippen LogP) is 5.69. The Bertz CT molecular complexity index is 632. The number of rotatable bonds is 7. The highest BCUT2D eigenvalue weighted by Crippen LogP contribution is 2.36. The smallest absolute Gasteiger partial charge is 0.119 e. The van der Waals surface area contributed by atoms with Crippen molar-refractivity contribution in [2.24, 2.45) is 0 Å². The third-order valence-corrected chi connectivity index (χ3v) is 4.80. The normalized spacial score (nSPS) is 13.0. The zero-order chi connectivity index (χ0) is 17.7. The van der Waals surface area contributed by atoms with E-state index in [1.54, 1.807) is 12.1 Å². The molecule has 130 valence electrons. The Hall–Kier alpha value is -1.51. The molecule has 0 unspecified atom stereocenters. The summed E-state index contributed by atoms with van der Waals surface area (Å²) in [6.45, 7) is 9.90. The third kappa shape index (κ3) is 4.75. The van der Waals surface area contributed by atoms with Gasteiger partial charge in [-0.2, -0.15) is 0 Å². The lowest BCUT2D eigenvalue weighted by molar-refractivity contribution is 0.170. The number of hydrogen-bond acceptors (Lipinski definition) is 2. The van der Waals surface area contributed by atoms with E-state index in [9.17, 15) is 5.11 Å². The summed E-state index contributed by atoms with van der Waals surface area (Å²) in [4.78, 5) is 2.48. The Balaban J connectivity index is 2.32. The first-order valence-corrected chi connectivity index (χ1v) is 9.07. The maximum Gasteiger partial charge on any atom is 0.119 e. The van der Waals surface area contributed by atoms with Crippen molar-refractivity contribution >= 4 is 11.6 Å². The molecular formula is C21H28ClNO. The van der Waals surface area contributed by atoms with E-state index in [0.29, 0.717) is 22.9 Å². The van der Waals surface area contributed by atoms with Gasteiger partial charge in [-0.1, -0.05) is 41.9 Å². The molecular weight excluding hydrogens is 318 g/mol. The minimum atomic E-state index is 0.130. The number of phenolic OH excluding ortho intramolecular Hbond substituents is 1. The fourth-order valence-electron chi connectivity index (χ4n) is 3.38. The first-order valence-electron chi connectivity index (χ1n) is 8.69. The number of benzene rings is 2. The molecule has 2 nitrogen and oxygen atoms in total. The molecule has 2 aromatic carbocycles. The molecule has 2 aromatic rings. The summed E-state index contributed by atoms with van der Waals surface area (Å²) in [5.41, 5.74) is 2.11. The third-order valence-electron chi connectivity index (χ3n) is 4.57. The highest BCUT2D eigenvalue weighted by Gasteiger charge is 2.21. The van der Waals surface area contributed by atoms with E-state index < -0.39 is 0 Å². The van der Waals surface area contributed by atoms with Gasteiger partial charge >= 0.3 is 0 Å². The number of hydrogen-bond donors (Lipinski definition) is 1. The Morgan fingerprint density at radius 2 is 1.58 bits per heavy atom. The quantitative estimate of drug-likeness (QED) is 0.697. The molecule has 1 atom stereocenters. The Labute approximate surface area is 151 Å². The minimum Gasteiger partial charge on any atom is -0.508 e. The molecule has 0 aliphatic heterocycles. The van der Waals surface area contributed by atoms with Gasteiger partial charge in [0.05, 0.1) is 0 Å². The second kappa shape index (κ2) is 8.55. The lowest BCUT2D eigenvalue weighted by Gasteiger charge is -2.32. The van der Waals surface area contributed by atoms with E-state index in [4.69, 9.17) is 11.6 Å². The molecule has 1 N–H and O–H groups in total. The molecule has 0 saturated heterocycles. The lowest BCUT2D eigenvalue weighted by atomic mass is 9.87. The van der Waals surface area contributed by atoms with Crippen LogP contribution in [0.2, 0.25) is 5.02 Å². The van der Waals surface area contributed by atoms with Gasteiger partial charge < -0.3 is 5.11 Å². The summed E-state index contributed by atoms with van der Waals surface area (Å²) >= 11 is 6.19. The largest absolute Gasteiger partial charge is 0.508 e. The molecule has 0 aromatic heterocycles. The summed E-state index contributed by atoms with van der Waals surface area (Å²) in [5.74, 6) is 0.443. The molecule has 2 rings (SSSR count). The van der Waals surface area contributed by atoms with Crippen molar-refractivity contribution in [3.05, 3.63) is 64.7 Å². The maximum absolute atomic E-state index is 10.4. The Morgan fingerprint density at radius 3 is 2.17 bits per heavy atom. The molecule has 0 fully saturated rings. The molecule has 24 heavy (non-hydrogen) atoms. The molecule has 0 aliphatic rings. The average Bonchev–Trinajstić information content (AvgIpc) is 2.54. The molecule has 0 amide bonds. The summed E-state index contributed by atoms with van der Waals surface area (Å²) in [6.07, 6.45) is 0.939. The molecule has 0 heterocycles. The topological polar surface area (TPSA) is 23.5 Å². The van der Waals surface area contributed by atoms with Crippen LogP contribution in [0.3, 0.4) is 0 Å². The zero-order valence-corrected chi connectivity index (χ0v) is 15.8. The lowest BCUT2D eigenvalue weighted by Crippen LogP contribution is -2.38. The van der Waals surface area contributed by atoms with Crippen molar-refractivity contribution in [2.45, 2.75) is 52.1 Å². The van der Waals surface area contributed by atoms with Gasteiger partial charge in [0.2, 0.25) is 0 Å². The van der Waals surface area contributed by atoms with Crippen LogP contribution in [0.1, 0.15) is 51.2 Å². The van der Waals surface area contributed by atoms with Gasteiger partial charge in [0, 0.05) is 28.6 Å². The summed E-state index contributed by atoms with van der Waals surface area (Å²) in [6, 6.07) is 16.7. The maximum atomic E-state index is 10.4. The molecule has 3 heteroatoms. The first kappa shape index (κ1) is 18.8. The Morgan fingerprint density at radius 1 is 0.958 bits per heavy atom. The van der Waals surface area contributed by atoms with Crippen LogP contribution in [-0.4, -0.2) is 28.6 Å². The average molecular weight is 346 g/mol. The van der Waals surface area contributed by atoms with Crippen LogP contribution in [0.5, 0.6) is 5.75 Å². The van der Waals surface area contributed by atoms with E-state index in [1.807, 2.05) is 24.3 Å². The number of phenols is 1. The van der Waals surface area contributed by atoms with Gasteiger partial charge in [-0.15, -0.1) is 0 Å². The van der Waals surface area contributed by atoms with Crippen molar-refractivity contribution < 1.29 is 5.11 Å². The zero-order valence-electron chi connectivity index (χ0n) is 15.0. The van der Waals surface area contributed by atoms with Gasteiger partial charge in [-0.05, 0) is 64.4 Å². The minimum absolute atomic E-state index is 0.130.